The Morgan fingerprint density at radius 1 is 1.36 bits per heavy atom. The summed E-state index contributed by atoms with van der Waals surface area (Å²) in [4.78, 5) is 0. The second kappa shape index (κ2) is 3.76. The predicted octanol–water partition coefficient (Wildman–Crippen LogP) is 2.97. The summed E-state index contributed by atoms with van der Waals surface area (Å²) in [6.07, 6.45) is 4.89. The molecule has 0 aromatic rings. The average Bonchev–Trinajstić information content (AvgIpc) is 2.05. The zero-order valence-electron chi connectivity index (χ0n) is 7.51. The second-order valence-corrected chi connectivity index (χ2v) is 4.00. The van der Waals surface area contributed by atoms with Crippen molar-refractivity contribution in [2.75, 3.05) is 0 Å². The Balaban J connectivity index is 2.41. The molecule has 0 bridgehead atoms. The first-order chi connectivity index (χ1) is 5.24. The number of hydrogen-bond acceptors (Lipinski definition) is 1. The van der Waals surface area contributed by atoms with Gasteiger partial charge in [-0.3, -0.25) is 0 Å². The number of nitrogens with zero attached hydrogens (tertiary/aromatic N) is 1. The molecule has 1 nitrogen and oxygen atoms in total. The van der Waals surface area contributed by atoms with Gasteiger partial charge in [-0.2, -0.15) is 5.26 Å². The van der Waals surface area contributed by atoms with Crippen LogP contribution in [0.2, 0.25) is 0 Å². The molecule has 2 atom stereocenters. The van der Waals surface area contributed by atoms with E-state index >= 15 is 0 Å². The first kappa shape index (κ1) is 8.59. The summed E-state index contributed by atoms with van der Waals surface area (Å²) in [6, 6.07) is 2.39. The maximum atomic E-state index is 8.74. The molecule has 0 amide bonds. The maximum absolute atomic E-state index is 8.74. The van der Waals surface area contributed by atoms with Crippen LogP contribution in [0.3, 0.4) is 0 Å². The van der Waals surface area contributed by atoms with Crippen LogP contribution in [0.4, 0.5) is 0 Å². The molecule has 1 aliphatic rings. The smallest absolute Gasteiger partial charge is 0.0655 e. The fraction of sp³-hybridized carbons (Fsp3) is 0.900. The summed E-state index contributed by atoms with van der Waals surface area (Å²) < 4.78 is 0. The number of nitriles is 1. The minimum absolute atomic E-state index is 0.358. The van der Waals surface area contributed by atoms with Gasteiger partial charge in [0.2, 0.25) is 0 Å². The molecule has 0 spiro atoms. The first-order valence-electron chi connectivity index (χ1n) is 4.63. The fourth-order valence-corrected chi connectivity index (χ4v) is 1.95. The normalized spacial score (nSPS) is 31.8. The lowest BCUT2D eigenvalue weighted by atomic mass is 9.77. The molecular weight excluding hydrogens is 134 g/mol. The second-order valence-electron chi connectivity index (χ2n) is 4.00. The van der Waals surface area contributed by atoms with Gasteiger partial charge in [0.15, 0.2) is 0 Å². The van der Waals surface area contributed by atoms with Crippen molar-refractivity contribution in [2.24, 2.45) is 17.8 Å². The molecule has 1 rings (SSSR count). The van der Waals surface area contributed by atoms with E-state index in [1.807, 2.05) is 0 Å². The molecule has 0 saturated heterocycles. The molecule has 1 aliphatic carbocycles. The van der Waals surface area contributed by atoms with E-state index in [0.29, 0.717) is 5.92 Å². The molecule has 1 saturated carbocycles. The van der Waals surface area contributed by atoms with Gasteiger partial charge in [0.05, 0.1) is 6.07 Å². The average molecular weight is 151 g/mol. The summed E-state index contributed by atoms with van der Waals surface area (Å²) in [7, 11) is 0. The van der Waals surface area contributed by atoms with Crippen molar-refractivity contribution in [2.45, 2.75) is 39.5 Å². The van der Waals surface area contributed by atoms with E-state index in [1.165, 1.54) is 12.8 Å². The van der Waals surface area contributed by atoms with Gasteiger partial charge >= 0.3 is 0 Å². The molecule has 0 heterocycles. The van der Waals surface area contributed by atoms with E-state index in [0.717, 1.165) is 24.7 Å². The third kappa shape index (κ3) is 2.22. The molecule has 1 heteroatoms. The summed E-state index contributed by atoms with van der Waals surface area (Å²) in [5.74, 6) is 1.94. The molecule has 0 N–H and O–H groups in total. The molecule has 11 heavy (non-hydrogen) atoms. The molecule has 0 aromatic carbocycles. The molecule has 0 aromatic heterocycles. The summed E-state index contributed by atoms with van der Waals surface area (Å²) in [5, 5.41) is 8.74. The van der Waals surface area contributed by atoms with E-state index in [2.05, 4.69) is 19.9 Å². The largest absolute Gasteiger partial charge is 0.198 e. The van der Waals surface area contributed by atoms with Gasteiger partial charge < -0.3 is 0 Å². The van der Waals surface area contributed by atoms with E-state index in [-0.39, 0.29) is 0 Å². The maximum Gasteiger partial charge on any atom is 0.0655 e. The van der Waals surface area contributed by atoms with Gasteiger partial charge in [-0.15, -0.1) is 0 Å². The van der Waals surface area contributed by atoms with E-state index in [9.17, 15) is 0 Å². The van der Waals surface area contributed by atoms with Gasteiger partial charge in [0.1, 0.15) is 0 Å². The van der Waals surface area contributed by atoms with Crippen LogP contribution >= 0.6 is 0 Å². The zero-order valence-corrected chi connectivity index (χ0v) is 7.51. The molecule has 1 fully saturated rings. The topological polar surface area (TPSA) is 23.8 Å². The van der Waals surface area contributed by atoms with Crippen LogP contribution in [0.1, 0.15) is 39.5 Å². The Morgan fingerprint density at radius 2 is 2.09 bits per heavy atom. The van der Waals surface area contributed by atoms with Crippen LogP contribution in [-0.4, -0.2) is 0 Å². The Bertz CT molecular complexity index is 155. The molecule has 0 radical (unpaired) electrons. The van der Waals surface area contributed by atoms with Crippen LogP contribution in [0.5, 0.6) is 0 Å². The minimum Gasteiger partial charge on any atom is -0.198 e. The van der Waals surface area contributed by atoms with Gasteiger partial charge in [0, 0.05) is 5.92 Å². The monoisotopic (exact) mass is 151 g/mol. The van der Waals surface area contributed by atoms with Crippen molar-refractivity contribution in [3.63, 3.8) is 0 Å². The van der Waals surface area contributed by atoms with Gasteiger partial charge in [-0.1, -0.05) is 26.7 Å². The predicted molar refractivity (Wildman–Crippen MR) is 45.9 cm³/mol. The van der Waals surface area contributed by atoms with Crippen molar-refractivity contribution in [3.8, 4) is 6.07 Å². The van der Waals surface area contributed by atoms with E-state index in [1.54, 1.807) is 0 Å². The lowest BCUT2D eigenvalue weighted by molar-refractivity contribution is 0.245. The lowest BCUT2D eigenvalue weighted by Gasteiger charge is -2.27. The number of hydrogen-bond donors (Lipinski definition) is 0. The van der Waals surface area contributed by atoms with Gasteiger partial charge in [0.25, 0.3) is 0 Å². The van der Waals surface area contributed by atoms with Crippen LogP contribution in [-0.2, 0) is 0 Å². The highest BCUT2D eigenvalue weighted by atomic mass is 14.3. The summed E-state index contributed by atoms with van der Waals surface area (Å²) in [6.45, 7) is 4.54. The Kier molecular flexibility index (Phi) is 2.93. The van der Waals surface area contributed by atoms with Crippen molar-refractivity contribution in [3.05, 3.63) is 0 Å². The summed E-state index contributed by atoms with van der Waals surface area (Å²) >= 11 is 0. The zero-order chi connectivity index (χ0) is 8.27. The summed E-state index contributed by atoms with van der Waals surface area (Å²) in [5.41, 5.74) is 0. The quantitative estimate of drug-likeness (QED) is 0.565. The highest BCUT2D eigenvalue weighted by Crippen LogP contribution is 2.32. The van der Waals surface area contributed by atoms with E-state index in [4.69, 9.17) is 5.26 Å². The lowest BCUT2D eigenvalue weighted by Crippen LogP contribution is -2.18. The third-order valence-electron chi connectivity index (χ3n) is 2.84. The Hall–Kier alpha value is -0.510. The Labute approximate surface area is 69.4 Å². The van der Waals surface area contributed by atoms with Crippen molar-refractivity contribution in [1.82, 2.24) is 0 Å². The van der Waals surface area contributed by atoms with Gasteiger partial charge in [-0.25, -0.2) is 0 Å². The molecular formula is C10H17N. The highest BCUT2D eigenvalue weighted by molar-refractivity contribution is 4.88. The molecule has 62 valence electrons. The fourth-order valence-electron chi connectivity index (χ4n) is 1.95. The van der Waals surface area contributed by atoms with Crippen LogP contribution in [0.15, 0.2) is 0 Å². The first-order valence-corrected chi connectivity index (χ1v) is 4.63. The molecule has 0 aliphatic heterocycles. The number of rotatable bonds is 1. The standard InChI is InChI=1S/C10H17N/c1-8(2)10-5-3-4-9(6-10)7-11/h8-10H,3-6H2,1-2H3/t9-,10+/m0/s1. The van der Waals surface area contributed by atoms with Crippen molar-refractivity contribution < 1.29 is 0 Å². The van der Waals surface area contributed by atoms with Gasteiger partial charge in [-0.05, 0) is 24.7 Å². The van der Waals surface area contributed by atoms with Crippen LogP contribution < -0.4 is 0 Å². The van der Waals surface area contributed by atoms with Crippen LogP contribution in [0.25, 0.3) is 0 Å². The SMILES string of the molecule is CC(C)[C@@H]1CCC[C@H](C#N)C1. The molecule has 0 unspecified atom stereocenters. The highest BCUT2D eigenvalue weighted by Gasteiger charge is 2.23. The Morgan fingerprint density at radius 3 is 2.64 bits per heavy atom. The van der Waals surface area contributed by atoms with Crippen LogP contribution in [0, 0.1) is 29.1 Å². The van der Waals surface area contributed by atoms with E-state index < -0.39 is 0 Å². The van der Waals surface area contributed by atoms with Crippen molar-refractivity contribution >= 4 is 0 Å². The minimum atomic E-state index is 0.358. The van der Waals surface area contributed by atoms with Crippen molar-refractivity contribution in [1.29, 1.82) is 5.26 Å². The third-order valence-corrected chi connectivity index (χ3v) is 2.84.